The smallest absolute Gasteiger partial charge is 0.229 e. The van der Waals surface area contributed by atoms with Crippen molar-refractivity contribution in [3.8, 4) is 5.75 Å². The molecule has 0 saturated carbocycles. The summed E-state index contributed by atoms with van der Waals surface area (Å²) in [6.45, 7) is 1.87. The predicted octanol–water partition coefficient (Wildman–Crippen LogP) is 1.87. The van der Waals surface area contributed by atoms with Crippen LogP contribution in [-0.4, -0.2) is 36.5 Å². The van der Waals surface area contributed by atoms with Gasteiger partial charge < -0.3 is 15.4 Å². The molecule has 0 spiro atoms. The van der Waals surface area contributed by atoms with E-state index in [1.54, 1.807) is 0 Å². The molecule has 1 aromatic carbocycles. The van der Waals surface area contributed by atoms with Gasteiger partial charge in [0.15, 0.2) is 0 Å². The van der Waals surface area contributed by atoms with E-state index in [1.165, 1.54) is 0 Å². The lowest BCUT2D eigenvalue weighted by Crippen LogP contribution is -2.40. The van der Waals surface area contributed by atoms with Crippen LogP contribution in [-0.2, 0) is 11.2 Å². The molecule has 110 valence electrons. The minimum absolute atomic E-state index is 0. The normalized spacial score (nSPS) is 24.6. The molecule has 1 unspecified atom stereocenters. The van der Waals surface area contributed by atoms with E-state index in [4.69, 9.17) is 22.1 Å². The average molecular weight is 317 g/mol. The fraction of sp³-hybridized carbons (Fsp3) is 0.500. The molecule has 1 fully saturated rings. The number of carbonyl (C=O) groups excluding carboxylic acids is 1. The van der Waals surface area contributed by atoms with Gasteiger partial charge in [0, 0.05) is 24.2 Å². The van der Waals surface area contributed by atoms with Crippen LogP contribution in [0.5, 0.6) is 5.75 Å². The average Bonchev–Trinajstić information content (AvgIpc) is 2.83. The maximum absolute atomic E-state index is 12.4. The van der Waals surface area contributed by atoms with Gasteiger partial charge in [0.05, 0.1) is 5.92 Å². The Labute approximate surface area is 129 Å². The van der Waals surface area contributed by atoms with Crippen LogP contribution < -0.4 is 10.5 Å². The Hall–Kier alpha value is -0.970. The minimum Gasteiger partial charge on any atom is -0.492 e. The van der Waals surface area contributed by atoms with Crippen LogP contribution in [0.3, 0.4) is 0 Å². The second kappa shape index (κ2) is 6.20. The van der Waals surface area contributed by atoms with Crippen molar-refractivity contribution in [1.29, 1.82) is 0 Å². The van der Waals surface area contributed by atoms with Crippen molar-refractivity contribution in [2.24, 2.45) is 11.7 Å². The van der Waals surface area contributed by atoms with Gasteiger partial charge in [-0.25, -0.2) is 0 Å². The fourth-order valence-electron chi connectivity index (χ4n) is 2.77. The third-order valence-electron chi connectivity index (χ3n) is 3.81. The molecular formula is C14H18Cl2N2O2. The highest BCUT2D eigenvalue weighted by molar-refractivity contribution is 6.30. The van der Waals surface area contributed by atoms with Gasteiger partial charge in [-0.05, 0) is 36.6 Å². The maximum atomic E-state index is 12.4. The molecule has 0 aliphatic carbocycles. The molecule has 2 heterocycles. The van der Waals surface area contributed by atoms with Gasteiger partial charge in [-0.2, -0.15) is 0 Å². The summed E-state index contributed by atoms with van der Waals surface area (Å²) in [5.41, 5.74) is 6.86. The number of halogens is 2. The molecule has 6 heteroatoms. The van der Waals surface area contributed by atoms with Crippen molar-refractivity contribution in [3.63, 3.8) is 0 Å². The Bertz CT molecular complexity index is 510. The number of carbonyl (C=O) groups is 1. The van der Waals surface area contributed by atoms with Crippen LogP contribution in [0.25, 0.3) is 0 Å². The molecule has 2 atom stereocenters. The second-order valence-corrected chi connectivity index (χ2v) is 5.73. The first-order chi connectivity index (χ1) is 9.13. The summed E-state index contributed by atoms with van der Waals surface area (Å²) in [6, 6.07) is 5.67. The molecule has 0 aromatic heterocycles. The molecule has 20 heavy (non-hydrogen) atoms. The van der Waals surface area contributed by atoms with Crippen molar-refractivity contribution < 1.29 is 9.53 Å². The number of hydrogen-bond acceptors (Lipinski definition) is 3. The lowest BCUT2D eigenvalue weighted by molar-refractivity contribution is -0.135. The minimum atomic E-state index is -0.115. The zero-order chi connectivity index (χ0) is 13.4. The van der Waals surface area contributed by atoms with Crippen LogP contribution in [0.1, 0.15) is 12.0 Å². The molecule has 2 aliphatic heterocycles. The van der Waals surface area contributed by atoms with Crippen molar-refractivity contribution in [1.82, 2.24) is 4.90 Å². The molecule has 1 amide bonds. The van der Waals surface area contributed by atoms with Crippen LogP contribution in [0.2, 0.25) is 5.02 Å². The molecule has 3 rings (SSSR count). The van der Waals surface area contributed by atoms with Crippen molar-refractivity contribution in [3.05, 3.63) is 28.8 Å². The van der Waals surface area contributed by atoms with Gasteiger partial charge in [0.1, 0.15) is 12.4 Å². The Morgan fingerprint density at radius 3 is 2.95 bits per heavy atom. The number of amides is 1. The van der Waals surface area contributed by atoms with Gasteiger partial charge in [0.2, 0.25) is 5.91 Å². The Morgan fingerprint density at radius 2 is 2.25 bits per heavy atom. The zero-order valence-electron chi connectivity index (χ0n) is 11.0. The fourth-order valence-corrected chi connectivity index (χ4v) is 2.96. The summed E-state index contributed by atoms with van der Waals surface area (Å²) in [4.78, 5) is 14.3. The maximum Gasteiger partial charge on any atom is 0.229 e. The summed E-state index contributed by atoms with van der Waals surface area (Å²) < 4.78 is 5.66. The first kappa shape index (κ1) is 15.4. The van der Waals surface area contributed by atoms with Gasteiger partial charge in [-0.1, -0.05) is 11.6 Å². The number of rotatable bonds is 1. The zero-order valence-corrected chi connectivity index (χ0v) is 12.6. The molecule has 0 bridgehead atoms. The molecule has 0 radical (unpaired) electrons. The predicted molar refractivity (Wildman–Crippen MR) is 80.6 cm³/mol. The number of ether oxygens (including phenoxy) is 1. The third-order valence-corrected chi connectivity index (χ3v) is 4.05. The van der Waals surface area contributed by atoms with E-state index in [0.29, 0.717) is 24.6 Å². The topological polar surface area (TPSA) is 55.6 Å². The summed E-state index contributed by atoms with van der Waals surface area (Å²) in [7, 11) is 0. The van der Waals surface area contributed by atoms with E-state index in [1.807, 2.05) is 23.1 Å². The quantitative estimate of drug-likeness (QED) is 0.860. The van der Waals surface area contributed by atoms with Crippen molar-refractivity contribution in [2.75, 3.05) is 19.7 Å². The van der Waals surface area contributed by atoms with E-state index in [0.717, 1.165) is 24.3 Å². The van der Waals surface area contributed by atoms with E-state index < -0.39 is 0 Å². The summed E-state index contributed by atoms with van der Waals surface area (Å²) in [5.74, 6) is 0.876. The molecular weight excluding hydrogens is 299 g/mol. The Balaban J connectivity index is 0.00000147. The van der Waals surface area contributed by atoms with Crippen LogP contribution in [0.15, 0.2) is 18.2 Å². The molecule has 4 nitrogen and oxygen atoms in total. The molecule has 2 aliphatic rings. The summed E-state index contributed by atoms with van der Waals surface area (Å²) >= 11 is 5.98. The second-order valence-electron chi connectivity index (χ2n) is 5.30. The van der Waals surface area contributed by atoms with E-state index in [2.05, 4.69) is 0 Å². The van der Waals surface area contributed by atoms with Gasteiger partial charge >= 0.3 is 0 Å². The number of nitrogens with zero attached hydrogens (tertiary/aromatic N) is 1. The number of fused-ring (bicyclic) bond motifs is 1. The van der Waals surface area contributed by atoms with Gasteiger partial charge in [-0.3, -0.25) is 4.79 Å². The number of benzene rings is 1. The van der Waals surface area contributed by atoms with Crippen molar-refractivity contribution in [2.45, 2.75) is 18.9 Å². The van der Waals surface area contributed by atoms with Gasteiger partial charge in [-0.15, -0.1) is 12.4 Å². The lowest BCUT2D eigenvalue weighted by Gasteiger charge is -2.28. The highest BCUT2D eigenvalue weighted by Gasteiger charge is 2.32. The van der Waals surface area contributed by atoms with Crippen LogP contribution >= 0.6 is 24.0 Å². The van der Waals surface area contributed by atoms with E-state index >= 15 is 0 Å². The number of hydrogen-bond donors (Lipinski definition) is 1. The molecule has 1 saturated heterocycles. The largest absolute Gasteiger partial charge is 0.492 e. The number of nitrogens with two attached hydrogens (primary N) is 1. The highest BCUT2D eigenvalue weighted by atomic mass is 35.5. The SMILES string of the molecule is Cl.N[C@@H]1CCN(C(=O)C2COc3ccc(Cl)cc3C2)C1. The van der Waals surface area contributed by atoms with E-state index in [-0.39, 0.29) is 30.3 Å². The lowest BCUT2D eigenvalue weighted by atomic mass is 9.95. The monoisotopic (exact) mass is 316 g/mol. The molecule has 2 N–H and O–H groups in total. The van der Waals surface area contributed by atoms with Crippen molar-refractivity contribution >= 4 is 29.9 Å². The first-order valence-electron chi connectivity index (χ1n) is 6.59. The Morgan fingerprint density at radius 1 is 1.45 bits per heavy atom. The standard InChI is InChI=1S/C14H17ClN2O2.ClH/c15-11-1-2-13-9(6-11)5-10(8-19-13)14(18)17-4-3-12(16)7-17;/h1-2,6,10,12H,3-5,7-8,16H2;1H/t10?,12-;/m1./s1. The number of likely N-dealkylation sites (tertiary alicyclic amines) is 1. The summed E-state index contributed by atoms with van der Waals surface area (Å²) in [5, 5.41) is 0.679. The van der Waals surface area contributed by atoms with E-state index in [9.17, 15) is 4.79 Å². The third kappa shape index (κ3) is 3.03. The summed E-state index contributed by atoms with van der Waals surface area (Å²) in [6.07, 6.45) is 1.59. The van der Waals surface area contributed by atoms with Crippen LogP contribution in [0.4, 0.5) is 0 Å². The first-order valence-corrected chi connectivity index (χ1v) is 6.97. The van der Waals surface area contributed by atoms with Crippen LogP contribution in [0, 0.1) is 5.92 Å². The Kier molecular flexibility index (Phi) is 4.78. The highest BCUT2D eigenvalue weighted by Crippen LogP contribution is 2.30. The molecule has 1 aromatic rings. The van der Waals surface area contributed by atoms with Gasteiger partial charge in [0.25, 0.3) is 0 Å².